The number of thiophene rings is 1. The first kappa shape index (κ1) is 15.4. The van der Waals surface area contributed by atoms with Gasteiger partial charge in [0.2, 0.25) is 0 Å². The summed E-state index contributed by atoms with van der Waals surface area (Å²) >= 11 is 14.0. The number of halogens is 2. The molecule has 1 nitrogen and oxygen atoms in total. The minimum Gasteiger partial charge on any atom is -0.305 e. The van der Waals surface area contributed by atoms with E-state index in [1.165, 1.54) is 30.6 Å². The molecule has 1 heterocycles. The molecule has 1 aromatic carbocycles. The average molecular weight is 340 g/mol. The highest BCUT2D eigenvalue weighted by Crippen LogP contribution is 2.37. The lowest BCUT2D eigenvalue weighted by molar-refractivity contribution is 0.371. The Balaban J connectivity index is 1.72. The summed E-state index contributed by atoms with van der Waals surface area (Å²) in [6, 6.07) is 10.6. The zero-order valence-corrected chi connectivity index (χ0v) is 14.1. The zero-order chi connectivity index (χ0) is 14.7. The van der Waals surface area contributed by atoms with Gasteiger partial charge in [-0.3, -0.25) is 0 Å². The van der Waals surface area contributed by atoms with Crippen LogP contribution < -0.4 is 5.32 Å². The molecule has 1 fully saturated rings. The van der Waals surface area contributed by atoms with Gasteiger partial charge in [-0.05, 0) is 54.0 Å². The van der Waals surface area contributed by atoms with Crippen LogP contribution in [0.2, 0.25) is 10.0 Å². The Morgan fingerprint density at radius 1 is 1.14 bits per heavy atom. The van der Waals surface area contributed by atoms with E-state index in [0.29, 0.717) is 16.1 Å². The second kappa shape index (κ2) is 7.15. The number of hydrogen-bond donors (Lipinski definition) is 1. The van der Waals surface area contributed by atoms with Gasteiger partial charge in [0.25, 0.3) is 0 Å². The molecule has 1 atom stereocenters. The Labute approximate surface area is 140 Å². The number of nitrogens with one attached hydrogen (secondary N) is 1. The summed E-state index contributed by atoms with van der Waals surface area (Å²) in [4.78, 5) is 1.44. The molecule has 2 aromatic rings. The van der Waals surface area contributed by atoms with E-state index in [1.54, 1.807) is 6.07 Å². The number of rotatable bonds is 5. The molecule has 0 aliphatic heterocycles. The molecule has 0 bridgehead atoms. The van der Waals surface area contributed by atoms with Gasteiger partial charge < -0.3 is 5.32 Å². The van der Waals surface area contributed by atoms with E-state index in [4.69, 9.17) is 23.2 Å². The summed E-state index contributed by atoms with van der Waals surface area (Å²) in [5, 5.41) is 7.29. The molecule has 3 rings (SSSR count). The van der Waals surface area contributed by atoms with Gasteiger partial charge in [0.05, 0.1) is 0 Å². The minimum atomic E-state index is 0.449. The average Bonchev–Trinajstić information content (AvgIpc) is 3.10. The molecule has 1 saturated carbocycles. The number of hydrogen-bond acceptors (Lipinski definition) is 2. The van der Waals surface area contributed by atoms with Gasteiger partial charge in [-0.15, -0.1) is 11.3 Å². The van der Waals surface area contributed by atoms with E-state index in [-0.39, 0.29) is 0 Å². The molecule has 1 aliphatic rings. The fourth-order valence-electron chi connectivity index (χ4n) is 3.20. The Hall–Kier alpha value is -0.540. The van der Waals surface area contributed by atoms with Gasteiger partial charge in [-0.25, -0.2) is 0 Å². The largest absolute Gasteiger partial charge is 0.305 e. The van der Waals surface area contributed by atoms with E-state index >= 15 is 0 Å². The van der Waals surface area contributed by atoms with Gasteiger partial charge in [0.1, 0.15) is 0 Å². The summed E-state index contributed by atoms with van der Waals surface area (Å²) < 4.78 is 0. The molecule has 0 saturated heterocycles. The van der Waals surface area contributed by atoms with E-state index in [2.05, 4.69) is 22.8 Å². The van der Waals surface area contributed by atoms with Crippen molar-refractivity contribution in [3.63, 3.8) is 0 Å². The van der Waals surface area contributed by atoms with Crippen molar-refractivity contribution in [3.8, 4) is 0 Å². The van der Waals surface area contributed by atoms with Crippen molar-refractivity contribution in [2.75, 3.05) is 0 Å². The fraction of sp³-hybridized carbons (Fsp3) is 0.412. The lowest BCUT2D eigenvalue weighted by Crippen LogP contribution is -2.26. The summed E-state index contributed by atoms with van der Waals surface area (Å²) in [6.07, 6.45) is 5.37. The SMILES string of the molecule is Clc1cc(Cl)cc(CNC(c2cccs2)C2CCCC2)c1. The van der Waals surface area contributed by atoms with E-state index in [0.717, 1.165) is 18.0 Å². The van der Waals surface area contributed by atoms with E-state index in [1.807, 2.05) is 23.5 Å². The van der Waals surface area contributed by atoms with Crippen molar-refractivity contribution in [1.82, 2.24) is 5.32 Å². The van der Waals surface area contributed by atoms with Crippen molar-refractivity contribution < 1.29 is 0 Å². The van der Waals surface area contributed by atoms with Crippen LogP contribution in [0.4, 0.5) is 0 Å². The molecule has 0 amide bonds. The van der Waals surface area contributed by atoms with Gasteiger partial charge in [-0.2, -0.15) is 0 Å². The van der Waals surface area contributed by atoms with Crippen LogP contribution in [0.1, 0.15) is 42.2 Å². The normalized spacial score (nSPS) is 17.2. The maximum atomic E-state index is 6.08. The highest BCUT2D eigenvalue weighted by Gasteiger charge is 2.26. The first-order chi connectivity index (χ1) is 10.2. The summed E-state index contributed by atoms with van der Waals surface area (Å²) in [5.74, 6) is 0.748. The third-order valence-electron chi connectivity index (χ3n) is 4.17. The standard InChI is InChI=1S/C17H19Cl2NS/c18-14-8-12(9-15(19)10-14)11-20-17(13-4-1-2-5-13)16-6-3-7-21-16/h3,6-10,13,17,20H,1-2,4-5,11H2. The van der Waals surface area contributed by atoms with Gasteiger partial charge in [0, 0.05) is 27.5 Å². The maximum absolute atomic E-state index is 6.08. The lowest BCUT2D eigenvalue weighted by atomic mass is 9.96. The van der Waals surface area contributed by atoms with Crippen LogP contribution in [-0.4, -0.2) is 0 Å². The smallest absolute Gasteiger partial charge is 0.0446 e. The van der Waals surface area contributed by atoms with Crippen LogP contribution in [-0.2, 0) is 6.54 Å². The highest BCUT2D eigenvalue weighted by molar-refractivity contribution is 7.10. The van der Waals surface area contributed by atoms with Crippen LogP contribution in [0.3, 0.4) is 0 Å². The molecular weight excluding hydrogens is 321 g/mol. The van der Waals surface area contributed by atoms with E-state index < -0.39 is 0 Å². The predicted octanol–water partition coefficient (Wildman–Crippen LogP) is 6.08. The second-order valence-electron chi connectivity index (χ2n) is 5.70. The molecule has 4 heteroatoms. The summed E-state index contributed by atoms with van der Waals surface area (Å²) in [7, 11) is 0. The first-order valence-electron chi connectivity index (χ1n) is 7.44. The Morgan fingerprint density at radius 2 is 1.86 bits per heavy atom. The molecule has 0 spiro atoms. The minimum absolute atomic E-state index is 0.449. The van der Waals surface area contributed by atoms with Crippen LogP contribution in [0.15, 0.2) is 35.7 Å². The topological polar surface area (TPSA) is 12.0 Å². The van der Waals surface area contributed by atoms with Gasteiger partial charge in [0.15, 0.2) is 0 Å². The highest BCUT2D eigenvalue weighted by atomic mass is 35.5. The van der Waals surface area contributed by atoms with Crippen molar-refractivity contribution >= 4 is 34.5 Å². The molecule has 1 N–H and O–H groups in total. The third-order valence-corrected chi connectivity index (χ3v) is 5.56. The van der Waals surface area contributed by atoms with Crippen LogP contribution in [0.5, 0.6) is 0 Å². The van der Waals surface area contributed by atoms with E-state index in [9.17, 15) is 0 Å². The van der Waals surface area contributed by atoms with Crippen molar-refractivity contribution in [2.24, 2.45) is 5.92 Å². The van der Waals surface area contributed by atoms with Crippen molar-refractivity contribution in [2.45, 2.75) is 38.3 Å². The Bertz CT molecular complexity index is 556. The molecule has 0 radical (unpaired) electrons. The van der Waals surface area contributed by atoms with Gasteiger partial charge >= 0.3 is 0 Å². The molecule has 21 heavy (non-hydrogen) atoms. The van der Waals surface area contributed by atoms with Crippen molar-refractivity contribution in [3.05, 3.63) is 56.2 Å². The first-order valence-corrected chi connectivity index (χ1v) is 9.08. The number of benzene rings is 1. The Kier molecular flexibility index (Phi) is 5.23. The van der Waals surface area contributed by atoms with Crippen LogP contribution in [0, 0.1) is 5.92 Å². The molecular formula is C17H19Cl2NS. The summed E-state index contributed by atoms with van der Waals surface area (Å²) in [5.41, 5.74) is 1.15. The lowest BCUT2D eigenvalue weighted by Gasteiger charge is -2.24. The molecule has 1 aliphatic carbocycles. The predicted molar refractivity (Wildman–Crippen MR) is 92.3 cm³/mol. The quantitative estimate of drug-likeness (QED) is 0.696. The van der Waals surface area contributed by atoms with Crippen LogP contribution in [0.25, 0.3) is 0 Å². The van der Waals surface area contributed by atoms with Crippen molar-refractivity contribution in [1.29, 1.82) is 0 Å². The van der Waals surface area contributed by atoms with Crippen LogP contribution >= 0.6 is 34.5 Å². The molecule has 112 valence electrons. The fourth-order valence-corrected chi connectivity index (χ4v) is 4.66. The maximum Gasteiger partial charge on any atom is 0.0446 e. The summed E-state index contributed by atoms with van der Waals surface area (Å²) in [6.45, 7) is 0.805. The molecule has 1 unspecified atom stereocenters. The third kappa shape index (κ3) is 4.01. The zero-order valence-electron chi connectivity index (χ0n) is 11.8. The second-order valence-corrected chi connectivity index (χ2v) is 7.55. The molecule has 1 aromatic heterocycles. The van der Waals surface area contributed by atoms with Gasteiger partial charge in [-0.1, -0.05) is 42.1 Å². The monoisotopic (exact) mass is 339 g/mol. The Morgan fingerprint density at radius 3 is 2.48 bits per heavy atom.